The molecule has 1 aliphatic rings. The summed E-state index contributed by atoms with van der Waals surface area (Å²) in [4.78, 5) is 24.7. The third-order valence-electron chi connectivity index (χ3n) is 2.85. The van der Waals surface area contributed by atoms with Crippen LogP contribution in [0.4, 0.5) is 0 Å². The average Bonchev–Trinajstić information content (AvgIpc) is 2.32. The first-order valence-corrected chi connectivity index (χ1v) is 5.77. The maximum Gasteiger partial charge on any atom is 0.242 e. The number of nitrogens with zero attached hydrogens (tertiary/aromatic N) is 1. The monoisotopic (exact) mass is 252 g/mol. The molecule has 1 N–H and O–H groups in total. The van der Waals surface area contributed by atoms with Crippen molar-refractivity contribution in [1.82, 2.24) is 10.2 Å². The van der Waals surface area contributed by atoms with Gasteiger partial charge in [-0.15, -0.1) is 0 Å². The van der Waals surface area contributed by atoms with Crippen molar-refractivity contribution in [3.63, 3.8) is 0 Å². The number of hydrogen-bond donors (Lipinski definition) is 1. The summed E-state index contributed by atoms with van der Waals surface area (Å²) in [7, 11) is 0. The van der Waals surface area contributed by atoms with Crippen molar-refractivity contribution in [2.45, 2.75) is 19.5 Å². The van der Waals surface area contributed by atoms with Crippen LogP contribution in [-0.4, -0.2) is 29.3 Å². The van der Waals surface area contributed by atoms with Crippen molar-refractivity contribution < 1.29 is 9.59 Å². The van der Waals surface area contributed by atoms with Gasteiger partial charge in [0.1, 0.15) is 6.04 Å². The van der Waals surface area contributed by atoms with Gasteiger partial charge in [-0.2, -0.15) is 0 Å². The lowest BCUT2D eigenvalue weighted by Crippen LogP contribution is -2.56. The molecule has 2 amide bonds. The van der Waals surface area contributed by atoms with Crippen molar-refractivity contribution in [3.8, 4) is 0 Å². The zero-order valence-corrected chi connectivity index (χ0v) is 10.2. The van der Waals surface area contributed by atoms with Crippen molar-refractivity contribution in [3.05, 3.63) is 34.9 Å². The summed E-state index contributed by atoms with van der Waals surface area (Å²) < 4.78 is 0. The second kappa shape index (κ2) is 4.75. The Morgan fingerprint density at radius 2 is 2.00 bits per heavy atom. The van der Waals surface area contributed by atoms with Crippen LogP contribution in [0.2, 0.25) is 5.02 Å². The van der Waals surface area contributed by atoms with E-state index in [0.29, 0.717) is 11.6 Å². The molecule has 17 heavy (non-hydrogen) atoms. The molecule has 0 aliphatic carbocycles. The van der Waals surface area contributed by atoms with Crippen molar-refractivity contribution in [1.29, 1.82) is 0 Å². The first kappa shape index (κ1) is 11.9. The van der Waals surface area contributed by atoms with Crippen molar-refractivity contribution in [2.75, 3.05) is 6.54 Å². The highest BCUT2D eigenvalue weighted by Crippen LogP contribution is 2.14. The van der Waals surface area contributed by atoms with Crippen LogP contribution in [0.5, 0.6) is 0 Å². The molecule has 1 atom stereocenters. The van der Waals surface area contributed by atoms with E-state index in [2.05, 4.69) is 5.32 Å². The lowest BCUT2D eigenvalue weighted by Gasteiger charge is -2.32. The van der Waals surface area contributed by atoms with Gasteiger partial charge in [0, 0.05) is 11.6 Å². The number of benzene rings is 1. The largest absolute Gasteiger partial charge is 0.345 e. The van der Waals surface area contributed by atoms with Crippen LogP contribution in [0.1, 0.15) is 12.5 Å². The number of carbonyl (C=O) groups is 2. The van der Waals surface area contributed by atoms with Gasteiger partial charge in [0.05, 0.1) is 6.54 Å². The van der Waals surface area contributed by atoms with Gasteiger partial charge in [-0.1, -0.05) is 23.7 Å². The predicted octanol–water partition coefficient (Wildman–Crippen LogP) is 1.19. The van der Waals surface area contributed by atoms with Crippen molar-refractivity contribution >= 4 is 23.4 Å². The van der Waals surface area contributed by atoms with Crippen LogP contribution < -0.4 is 5.32 Å². The van der Waals surface area contributed by atoms with Gasteiger partial charge in [0.2, 0.25) is 11.8 Å². The van der Waals surface area contributed by atoms with Crippen LogP contribution >= 0.6 is 11.6 Å². The van der Waals surface area contributed by atoms with Crippen LogP contribution in [0, 0.1) is 0 Å². The molecule has 0 spiro atoms. The summed E-state index contributed by atoms with van der Waals surface area (Å²) in [5.41, 5.74) is 0.962. The Balaban J connectivity index is 2.13. The van der Waals surface area contributed by atoms with E-state index in [4.69, 9.17) is 11.6 Å². The number of rotatable bonds is 2. The Hall–Kier alpha value is -1.55. The quantitative estimate of drug-likeness (QED) is 0.860. The number of hydrogen-bond acceptors (Lipinski definition) is 2. The third kappa shape index (κ3) is 2.58. The molecule has 0 radical (unpaired) electrons. The molecule has 1 aromatic rings. The molecule has 1 aromatic carbocycles. The molecule has 1 fully saturated rings. The Bertz CT molecular complexity index is 444. The minimum atomic E-state index is -0.424. The predicted molar refractivity (Wildman–Crippen MR) is 64.5 cm³/mol. The number of carbonyl (C=O) groups excluding carboxylic acids is 2. The second-order valence-electron chi connectivity index (χ2n) is 4.04. The fourth-order valence-corrected chi connectivity index (χ4v) is 1.91. The van der Waals surface area contributed by atoms with Gasteiger partial charge in [-0.25, -0.2) is 0 Å². The lowest BCUT2D eigenvalue weighted by atomic mass is 10.1. The maximum absolute atomic E-state index is 11.7. The second-order valence-corrected chi connectivity index (χ2v) is 4.48. The molecule has 90 valence electrons. The first-order chi connectivity index (χ1) is 8.08. The topological polar surface area (TPSA) is 49.4 Å². The lowest BCUT2D eigenvalue weighted by molar-refractivity contribution is -0.145. The van der Waals surface area contributed by atoms with Gasteiger partial charge in [0.15, 0.2) is 0 Å². The highest BCUT2D eigenvalue weighted by Gasteiger charge is 2.30. The van der Waals surface area contributed by atoms with E-state index < -0.39 is 6.04 Å². The summed E-state index contributed by atoms with van der Waals surface area (Å²) >= 11 is 5.79. The zero-order chi connectivity index (χ0) is 12.4. The average molecular weight is 253 g/mol. The molecular weight excluding hydrogens is 240 g/mol. The van der Waals surface area contributed by atoms with E-state index in [1.807, 2.05) is 12.1 Å². The number of piperazine rings is 1. The van der Waals surface area contributed by atoms with Gasteiger partial charge in [0.25, 0.3) is 0 Å². The summed E-state index contributed by atoms with van der Waals surface area (Å²) in [6.45, 7) is 2.24. The highest BCUT2D eigenvalue weighted by atomic mass is 35.5. The molecular formula is C12H13ClN2O2. The van der Waals surface area contributed by atoms with Crippen molar-refractivity contribution in [2.24, 2.45) is 0 Å². The Kier molecular flexibility index (Phi) is 3.33. The molecule has 1 unspecified atom stereocenters. The SMILES string of the molecule is CC1C(=O)NCC(=O)N1Cc1ccc(Cl)cc1. The Morgan fingerprint density at radius 1 is 1.35 bits per heavy atom. The van der Waals surface area contributed by atoms with Gasteiger partial charge >= 0.3 is 0 Å². The number of nitrogens with one attached hydrogen (secondary N) is 1. The number of halogens is 1. The molecule has 1 saturated heterocycles. The van der Waals surface area contributed by atoms with E-state index in [1.165, 1.54) is 0 Å². The highest BCUT2D eigenvalue weighted by molar-refractivity contribution is 6.30. The molecule has 0 saturated carbocycles. The Labute approximate surface area is 105 Å². The van der Waals surface area contributed by atoms with Gasteiger partial charge < -0.3 is 10.2 Å². The minimum absolute atomic E-state index is 0.0629. The zero-order valence-electron chi connectivity index (χ0n) is 9.44. The van der Waals surface area contributed by atoms with Crippen LogP contribution in [0.3, 0.4) is 0 Å². The summed E-state index contributed by atoms with van der Waals surface area (Å²) in [5, 5.41) is 3.21. The minimum Gasteiger partial charge on any atom is -0.345 e. The van der Waals surface area contributed by atoms with E-state index in [9.17, 15) is 9.59 Å². The molecule has 4 nitrogen and oxygen atoms in total. The molecule has 1 aliphatic heterocycles. The van der Waals surface area contributed by atoms with E-state index in [-0.39, 0.29) is 18.4 Å². The Morgan fingerprint density at radius 3 is 2.65 bits per heavy atom. The molecule has 0 aromatic heterocycles. The normalized spacial score (nSPS) is 20.4. The summed E-state index contributed by atoms with van der Waals surface area (Å²) in [6, 6.07) is 6.84. The van der Waals surface area contributed by atoms with E-state index >= 15 is 0 Å². The fourth-order valence-electron chi connectivity index (χ4n) is 1.78. The first-order valence-electron chi connectivity index (χ1n) is 5.39. The molecule has 1 heterocycles. The number of amides is 2. The van der Waals surface area contributed by atoms with Crippen LogP contribution in [0.25, 0.3) is 0 Å². The molecule has 5 heteroatoms. The van der Waals surface area contributed by atoms with E-state index in [0.717, 1.165) is 5.56 Å². The third-order valence-corrected chi connectivity index (χ3v) is 3.10. The summed E-state index contributed by atoms with van der Waals surface area (Å²) in [5.74, 6) is -0.175. The maximum atomic E-state index is 11.7. The fraction of sp³-hybridized carbons (Fsp3) is 0.333. The van der Waals surface area contributed by atoms with E-state index in [1.54, 1.807) is 24.0 Å². The summed E-state index contributed by atoms with van der Waals surface area (Å²) in [6.07, 6.45) is 0. The smallest absolute Gasteiger partial charge is 0.242 e. The molecule has 2 rings (SSSR count). The standard InChI is InChI=1S/C12H13ClN2O2/c1-8-12(17)14-6-11(16)15(8)7-9-2-4-10(13)5-3-9/h2-5,8H,6-7H2,1H3,(H,14,17). The van der Waals surface area contributed by atoms with Gasteiger partial charge in [-0.05, 0) is 24.6 Å². The van der Waals surface area contributed by atoms with Gasteiger partial charge in [-0.3, -0.25) is 9.59 Å². The molecule has 0 bridgehead atoms. The van der Waals surface area contributed by atoms with Crippen LogP contribution in [0.15, 0.2) is 24.3 Å². The van der Waals surface area contributed by atoms with Crippen LogP contribution in [-0.2, 0) is 16.1 Å².